The number of benzene rings is 2. The number of carbonyl (C=O) groups is 2. The van der Waals surface area contributed by atoms with Crippen molar-refractivity contribution in [1.29, 1.82) is 0 Å². The van der Waals surface area contributed by atoms with Gasteiger partial charge in [0.2, 0.25) is 11.8 Å². The Balaban J connectivity index is 2.44. The zero-order chi connectivity index (χ0) is 26.0. The van der Waals surface area contributed by atoms with E-state index in [1.165, 1.54) is 19.0 Å². The number of amides is 2. The van der Waals surface area contributed by atoms with Crippen LogP contribution in [0.4, 0.5) is 5.69 Å². The van der Waals surface area contributed by atoms with Crippen molar-refractivity contribution < 1.29 is 18.0 Å². The highest BCUT2D eigenvalue weighted by Gasteiger charge is 2.33. The molecule has 0 aliphatic carbocycles. The van der Waals surface area contributed by atoms with Gasteiger partial charge in [-0.1, -0.05) is 68.3 Å². The molecule has 0 saturated carbocycles. The minimum absolute atomic E-state index is 0.199. The lowest BCUT2D eigenvalue weighted by Gasteiger charge is -2.34. The minimum atomic E-state index is -3.95. The minimum Gasteiger partial charge on any atom is -0.354 e. The zero-order valence-corrected chi connectivity index (χ0v) is 22.2. The molecule has 0 bridgehead atoms. The van der Waals surface area contributed by atoms with Crippen LogP contribution in [0.2, 0.25) is 0 Å². The fourth-order valence-corrected chi connectivity index (χ4v) is 4.80. The highest BCUT2D eigenvalue weighted by Crippen LogP contribution is 2.21. The van der Waals surface area contributed by atoms with Gasteiger partial charge in [0.15, 0.2) is 0 Å². The standard InChI is InChI=1S/C26H38N4O4S/c1-6-8-17-27-26(32)24(7-2)29(19-22-14-12-13-21(3)18-22)25(31)20-30(35(33,34)28(4)5)23-15-10-9-11-16-23/h9-16,18,24H,6-8,17,19-20H2,1-5H3,(H,27,32)/t24-/m0/s1. The average Bonchev–Trinajstić information content (AvgIpc) is 2.82. The van der Waals surface area contributed by atoms with E-state index in [2.05, 4.69) is 5.32 Å². The summed E-state index contributed by atoms with van der Waals surface area (Å²) in [6, 6.07) is 15.5. The van der Waals surface area contributed by atoms with Gasteiger partial charge in [-0.25, -0.2) is 4.31 Å². The molecule has 8 nitrogen and oxygen atoms in total. The van der Waals surface area contributed by atoms with Gasteiger partial charge in [-0.3, -0.25) is 9.59 Å². The van der Waals surface area contributed by atoms with Crippen LogP contribution in [0, 0.1) is 6.92 Å². The largest absolute Gasteiger partial charge is 0.354 e. The van der Waals surface area contributed by atoms with Crippen molar-refractivity contribution in [3.05, 3.63) is 65.7 Å². The number of aryl methyl sites for hydroxylation is 1. The Morgan fingerprint density at radius 1 is 1.00 bits per heavy atom. The first kappa shape index (κ1) is 28.3. The second-order valence-corrected chi connectivity index (χ2v) is 10.8. The fraction of sp³-hybridized carbons (Fsp3) is 0.462. The molecule has 0 aromatic heterocycles. The number of rotatable bonds is 13. The summed E-state index contributed by atoms with van der Waals surface area (Å²) in [7, 11) is -1.10. The van der Waals surface area contributed by atoms with Gasteiger partial charge < -0.3 is 10.2 Å². The Morgan fingerprint density at radius 3 is 2.26 bits per heavy atom. The first-order chi connectivity index (χ1) is 16.6. The highest BCUT2D eigenvalue weighted by atomic mass is 32.2. The summed E-state index contributed by atoms with van der Waals surface area (Å²) < 4.78 is 28.4. The normalized spacial score (nSPS) is 12.3. The van der Waals surface area contributed by atoms with Crippen molar-refractivity contribution in [2.45, 2.75) is 52.6 Å². The number of nitrogens with one attached hydrogen (secondary N) is 1. The van der Waals surface area contributed by atoms with Crippen LogP contribution in [0.1, 0.15) is 44.2 Å². The number of nitrogens with zero attached hydrogens (tertiary/aromatic N) is 3. The summed E-state index contributed by atoms with van der Waals surface area (Å²) in [5, 5.41) is 2.93. The van der Waals surface area contributed by atoms with Crippen LogP contribution in [0.15, 0.2) is 54.6 Å². The summed E-state index contributed by atoms with van der Waals surface area (Å²) >= 11 is 0. The zero-order valence-electron chi connectivity index (χ0n) is 21.4. The van der Waals surface area contributed by atoms with E-state index in [0.29, 0.717) is 18.7 Å². The van der Waals surface area contributed by atoms with Crippen molar-refractivity contribution in [2.24, 2.45) is 0 Å². The van der Waals surface area contributed by atoms with E-state index >= 15 is 0 Å². The van der Waals surface area contributed by atoms with Crippen LogP contribution in [-0.2, 0) is 26.3 Å². The second kappa shape index (κ2) is 13.3. The molecule has 1 atom stereocenters. The number of hydrogen-bond acceptors (Lipinski definition) is 4. The topological polar surface area (TPSA) is 90.0 Å². The van der Waals surface area contributed by atoms with Gasteiger partial charge >= 0.3 is 10.2 Å². The number of hydrogen-bond donors (Lipinski definition) is 1. The van der Waals surface area contributed by atoms with Crippen molar-refractivity contribution in [1.82, 2.24) is 14.5 Å². The molecule has 0 heterocycles. The maximum atomic E-state index is 13.7. The number of para-hydroxylation sites is 1. The number of unbranched alkanes of at least 4 members (excludes halogenated alkanes) is 1. The molecule has 9 heteroatoms. The van der Waals surface area contributed by atoms with Crippen LogP contribution in [-0.4, -0.2) is 62.7 Å². The third kappa shape index (κ3) is 7.80. The molecule has 0 fully saturated rings. The molecule has 1 N–H and O–H groups in total. The average molecular weight is 503 g/mol. The van der Waals surface area contributed by atoms with Gasteiger partial charge in [-0.2, -0.15) is 12.7 Å². The number of anilines is 1. The molecule has 2 rings (SSSR count). The molecular weight excluding hydrogens is 464 g/mol. The monoisotopic (exact) mass is 502 g/mol. The van der Waals surface area contributed by atoms with Gasteiger partial charge in [0.25, 0.3) is 0 Å². The van der Waals surface area contributed by atoms with Crippen LogP contribution in [0.3, 0.4) is 0 Å². The lowest BCUT2D eigenvalue weighted by atomic mass is 10.1. The molecule has 2 aromatic rings. The van der Waals surface area contributed by atoms with Crippen LogP contribution in [0.25, 0.3) is 0 Å². The molecule has 2 amide bonds. The van der Waals surface area contributed by atoms with Gasteiger partial charge in [0.05, 0.1) is 5.69 Å². The van der Waals surface area contributed by atoms with Crippen molar-refractivity contribution >= 4 is 27.7 Å². The van der Waals surface area contributed by atoms with E-state index in [4.69, 9.17) is 0 Å². The van der Waals surface area contributed by atoms with Gasteiger partial charge in [-0.05, 0) is 37.5 Å². The molecule has 35 heavy (non-hydrogen) atoms. The molecule has 0 unspecified atom stereocenters. The lowest BCUT2D eigenvalue weighted by Crippen LogP contribution is -2.53. The van der Waals surface area contributed by atoms with Crippen molar-refractivity contribution in [3.63, 3.8) is 0 Å². The van der Waals surface area contributed by atoms with Crippen molar-refractivity contribution in [3.8, 4) is 0 Å². The van der Waals surface area contributed by atoms with Crippen molar-refractivity contribution in [2.75, 3.05) is 31.5 Å². The van der Waals surface area contributed by atoms with Crippen LogP contribution in [0.5, 0.6) is 0 Å². The number of carbonyl (C=O) groups excluding carboxylic acids is 2. The van der Waals surface area contributed by atoms with E-state index in [-0.39, 0.29) is 12.5 Å². The summed E-state index contributed by atoms with van der Waals surface area (Å²) in [5.74, 6) is -0.679. The predicted molar refractivity (Wildman–Crippen MR) is 140 cm³/mol. The Hall–Kier alpha value is -2.91. The third-order valence-corrected chi connectivity index (χ3v) is 7.53. The van der Waals surface area contributed by atoms with E-state index < -0.39 is 28.7 Å². The molecule has 0 spiro atoms. The summed E-state index contributed by atoms with van der Waals surface area (Å²) in [4.78, 5) is 28.3. The molecule has 2 aromatic carbocycles. The fourth-order valence-electron chi connectivity index (χ4n) is 3.74. The highest BCUT2D eigenvalue weighted by molar-refractivity contribution is 7.90. The molecular formula is C26H38N4O4S. The Kier molecular flexibility index (Phi) is 10.7. The van der Waals surface area contributed by atoms with E-state index in [9.17, 15) is 18.0 Å². The molecule has 0 aliphatic heterocycles. The molecule has 0 radical (unpaired) electrons. The Labute approximate surface area is 210 Å². The maximum Gasteiger partial charge on any atom is 0.304 e. The quantitative estimate of drug-likeness (QED) is 0.426. The first-order valence-corrected chi connectivity index (χ1v) is 13.4. The molecule has 0 saturated heterocycles. The SMILES string of the molecule is CCCCNC(=O)[C@H](CC)N(Cc1cccc(C)c1)C(=O)CN(c1ccccc1)S(=O)(=O)N(C)C. The summed E-state index contributed by atoms with van der Waals surface area (Å²) in [6.07, 6.45) is 2.19. The van der Waals surface area contributed by atoms with Crippen LogP contribution < -0.4 is 9.62 Å². The maximum absolute atomic E-state index is 13.7. The van der Waals surface area contributed by atoms with E-state index in [1.54, 1.807) is 30.3 Å². The smallest absolute Gasteiger partial charge is 0.304 e. The molecule has 192 valence electrons. The van der Waals surface area contributed by atoms with Gasteiger partial charge in [-0.15, -0.1) is 0 Å². The van der Waals surface area contributed by atoms with Gasteiger partial charge in [0, 0.05) is 27.2 Å². The van der Waals surface area contributed by atoms with E-state index in [0.717, 1.165) is 32.6 Å². The second-order valence-electron chi connectivity index (χ2n) is 8.71. The predicted octanol–water partition coefficient (Wildman–Crippen LogP) is 3.33. The third-order valence-electron chi connectivity index (χ3n) is 5.71. The molecule has 0 aliphatic rings. The summed E-state index contributed by atoms with van der Waals surface area (Å²) in [6.45, 7) is 6.17. The Bertz CT molecular complexity index is 1070. The van der Waals surface area contributed by atoms with E-state index in [1.807, 2.05) is 45.0 Å². The summed E-state index contributed by atoms with van der Waals surface area (Å²) in [5.41, 5.74) is 2.29. The Morgan fingerprint density at radius 2 is 1.69 bits per heavy atom. The first-order valence-electron chi connectivity index (χ1n) is 12.0. The van der Waals surface area contributed by atoms with Crippen LogP contribution >= 0.6 is 0 Å². The lowest BCUT2D eigenvalue weighted by molar-refractivity contribution is -0.140. The van der Waals surface area contributed by atoms with Gasteiger partial charge in [0.1, 0.15) is 12.6 Å².